The summed E-state index contributed by atoms with van der Waals surface area (Å²) in [6.45, 7) is 1.35. The number of carbonyl (C=O) groups excluding carboxylic acids is 2. The molecule has 2 N–H and O–H groups in total. The van der Waals surface area contributed by atoms with Crippen molar-refractivity contribution in [2.24, 2.45) is 11.8 Å². The van der Waals surface area contributed by atoms with E-state index in [4.69, 9.17) is 0 Å². The van der Waals surface area contributed by atoms with E-state index in [1.165, 1.54) is 18.4 Å². The van der Waals surface area contributed by atoms with Gasteiger partial charge in [-0.05, 0) is 50.0 Å². The van der Waals surface area contributed by atoms with Crippen LogP contribution in [0.3, 0.4) is 0 Å². The molecule has 1 aromatic carbocycles. The Balaban J connectivity index is 1.30. The summed E-state index contributed by atoms with van der Waals surface area (Å²) in [4.78, 5) is 26.7. The van der Waals surface area contributed by atoms with Gasteiger partial charge in [0.05, 0.1) is 6.04 Å². The molecule has 0 spiro atoms. The van der Waals surface area contributed by atoms with Crippen LogP contribution in [0, 0.1) is 11.8 Å². The van der Waals surface area contributed by atoms with Crippen LogP contribution < -0.4 is 10.6 Å². The molecule has 3 aliphatic rings. The third-order valence-electron chi connectivity index (χ3n) is 5.61. The summed E-state index contributed by atoms with van der Waals surface area (Å²) in [6.07, 6.45) is 6.12. The molecule has 1 aliphatic heterocycles. The molecule has 1 atom stereocenters. The normalized spacial score (nSPS) is 22.3. The number of nitrogens with zero attached hydrogens (tertiary/aromatic N) is 1. The van der Waals surface area contributed by atoms with Crippen molar-refractivity contribution in [1.82, 2.24) is 15.5 Å². The minimum absolute atomic E-state index is 0.0231. The zero-order valence-electron chi connectivity index (χ0n) is 14.6. The van der Waals surface area contributed by atoms with Gasteiger partial charge in [-0.15, -0.1) is 0 Å². The van der Waals surface area contributed by atoms with Crippen molar-refractivity contribution in [2.75, 3.05) is 13.1 Å². The molecule has 1 unspecified atom stereocenters. The quantitative estimate of drug-likeness (QED) is 0.865. The Hall–Kier alpha value is -2.04. The van der Waals surface area contributed by atoms with Crippen molar-refractivity contribution < 1.29 is 9.59 Å². The molecule has 5 nitrogen and oxygen atoms in total. The SMILES string of the molecule is O=C(NC(c1ccccc1)C1CC1)C1CCN(C(=O)NC2CC2)CC1. The largest absolute Gasteiger partial charge is 0.349 e. The van der Waals surface area contributed by atoms with Gasteiger partial charge in [0.1, 0.15) is 0 Å². The standard InChI is InChI=1S/C20H27N3O2/c24-19(22-18(15-6-7-15)14-4-2-1-3-5-14)16-10-12-23(13-11-16)20(25)21-17-8-9-17/h1-5,15-18H,6-13H2,(H,21,25)(H,22,24). The van der Waals surface area contributed by atoms with E-state index in [1.54, 1.807) is 0 Å². The summed E-state index contributed by atoms with van der Waals surface area (Å²) in [5, 5.41) is 6.32. The summed E-state index contributed by atoms with van der Waals surface area (Å²) >= 11 is 0. The summed E-state index contributed by atoms with van der Waals surface area (Å²) < 4.78 is 0. The minimum atomic E-state index is 0.0231. The van der Waals surface area contributed by atoms with Crippen molar-refractivity contribution in [3.63, 3.8) is 0 Å². The molecule has 25 heavy (non-hydrogen) atoms. The second kappa shape index (κ2) is 7.06. The summed E-state index contributed by atoms with van der Waals surface area (Å²) in [6, 6.07) is 10.9. The van der Waals surface area contributed by atoms with Crippen LogP contribution in [0.15, 0.2) is 30.3 Å². The van der Waals surface area contributed by atoms with E-state index in [0.29, 0.717) is 25.0 Å². The van der Waals surface area contributed by atoms with Crippen LogP contribution in [0.4, 0.5) is 4.79 Å². The smallest absolute Gasteiger partial charge is 0.317 e. The van der Waals surface area contributed by atoms with Crippen molar-refractivity contribution in [2.45, 2.75) is 50.6 Å². The zero-order valence-corrected chi connectivity index (χ0v) is 14.6. The van der Waals surface area contributed by atoms with E-state index in [0.717, 1.165) is 25.7 Å². The van der Waals surface area contributed by atoms with Crippen molar-refractivity contribution in [3.05, 3.63) is 35.9 Å². The number of benzene rings is 1. The van der Waals surface area contributed by atoms with Crippen LogP contribution in [0.25, 0.3) is 0 Å². The van der Waals surface area contributed by atoms with Gasteiger partial charge in [0.25, 0.3) is 0 Å². The third kappa shape index (κ3) is 4.14. The Kier molecular flexibility index (Phi) is 4.64. The monoisotopic (exact) mass is 341 g/mol. The first-order valence-corrected chi connectivity index (χ1v) is 9.61. The Bertz CT molecular complexity index is 617. The fraction of sp³-hybridized carbons (Fsp3) is 0.600. The van der Waals surface area contributed by atoms with Gasteiger partial charge in [0.2, 0.25) is 5.91 Å². The van der Waals surface area contributed by atoms with E-state index in [-0.39, 0.29) is 23.9 Å². The maximum atomic E-state index is 12.7. The maximum absolute atomic E-state index is 12.7. The molecule has 3 amide bonds. The Morgan fingerprint density at radius 1 is 0.960 bits per heavy atom. The molecule has 1 aromatic rings. The van der Waals surface area contributed by atoms with Gasteiger partial charge in [0.15, 0.2) is 0 Å². The number of amides is 3. The zero-order chi connectivity index (χ0) is 17.2. The highest BCUT2D eigenvalue weighted by molar-refractivity contribution is 5.80. The summed E-state index contributed by atoms with van der Waals surface area (Å²) in [5.74, 6) is 0.758. The molecule has 1 heterocycles. The highest BCUT2D eigenvalue weighted by Crippen LogP contribution is 2.41. The number of hydrogen-bond acceptors (Lipinski definition) is 2. The van der Waals surface area contributed by atoms with E-state index < -0.39 is 0 Å². The Labute approximate surface area is 149 Å². The maximum Gasteiger partial charge on any atom is 0.317 e. The van der Waals surface area contributed by atoms with E-state index >= 15 is 0 Å². The lowest BCUT2D eigenvalue weighted by molar-refractivity contribution is -0.127. The van der Waals surface area contributed by atoms with Crippen LogP contribution in [-0.4, -0.2) is 36.0 Å². The fourth-order valence-corrected chi connectivity index (χ4v) is 3.67. The number of piperidine rings is 1. The fourth-order valence-electron chi connectivity index (χ4n) is 3.67. The van der Waals surface area contributed by atoms with Gasteiger partial charge in [-0.25, -0.2) is 4.79 Å². The number of likely N-dealkylation sites (tertiary alicyclic amines) is 1. The first-order valence-electron chi connectivity index (χ1n) is 9.61. The molecule has 5 heteroatoms. The second-order valence-electron chi connectivity index (χ2n) is 7.72. The number of hydrogen-bond donors (Lipinski definition) is 2. The summed E-state index contributed by atoms with van der Waals surface area (Å²) in [7, 11) is 0. The molecule has 2 saturated carbocycles. The van der Waals surface area contributed by atoms with Gasteiger partial charge in [-0.1, -0.05) is 30.3 Å². The van der Waals surface area contributed by atoms with Crippen LogP contribution in [0.2, 0.25) is 0 Å². The van der Waals surface area contributed by atoms with Gasteiger partial charge in [0, 0.05) is 25.0 Å². The Morgan fingerprint density at radius 3 is 2.24 bits per heavy atom. The predicted octanol–water partition coefficient (Wildman–Crippen LogP) is 2.84. The van der Waals surface area contributed by atoms with Crippen LogP contribution in [0.5, 0.6) is 0 Å². The molecular formula is C20H27N3O2. The topological polar surface area (TPSA) is 61.4 Å². The lowest BCUT2D eigenvalue weighted by atomic mass is 9.94. The third-order valence-corrected chi connectivity index (χ3v) is 5.61. The van der Waals surface area contributed by atoms with Crippen molar-refractivity contribution in [1.29, 1.82) is 0 Å². The van der Waals surface area contributed by atoms with Crippen molar-refractivity contribution >= 4 is 11.9 Å². The van der Waals surface area contributed by atoms with Gasteiger partial charge < -0.3 is 15.5 Å². The molecule has 4 rings (SSSR count). The highest BCUT2D eigenvalue weighted by Gasteiger charge is 2.36. The number of rotatable bonds is 5. The molecule has 134 valence electrons. The average Bonchev–Trinajstić information content (AvgIpc) is 3.54. The first-order chi connectivity index (χ1) is 12.2. The molecule has 2 aliphatic carbocycles. The molecular weight excluding hydrogens is 314 g/mol. The Morgan fingerprint density at radius 2 is 1.64 bits per heavy atom. The molecule has 0 radical (unpaired) electrons. The minimum Gasteiger partial charge on any atom is -0.349 e. The van der Waals surface area contributed by atoms with Crippen LogP contribution in [-0.2, 0) is 4.79 Å². The predicted molar refractivity (Wildman–Crippen MR) is 95.9 cm³/mol. The average molecular weight is 341 g/mol. The van der Waals surface area contributed by atoms with E-state index in [9.17, 15) is 9.59 Å². The lowest BCUT2D eigenvalue weighted by Gasteiger charge is -2.32. The van der Waals surface area contributed by atoms with Crippen molar-refractivity contribution in [3.8, 4) is 0 Å². The van der Waals surface area contributed by atoms with Crippen LogP contribution >= 0.6 is 0 Å². The second-order valence-corrected chi connectivity index (χ2v) is 7.72. The molecule has 0 bridgehead atoms. The molecule has 1 saturated heterocycles. The molecule has 3 fully saturated rings. The van der Waals surface area contributed by atoms with Gasteiger partial charge in [-0.3, -0.25) is 4.79 Å². The van der Waals surface area contributed by atoms with Crippen LogP contribution in [0.1, 0.15) is 50.1 Å². The first kappa shape index (κ1) is 16.4. The van der Waals surface area contributed by atoms with E-state index in [2.05, 4.69) is 22.8 Å². The van der Waals surface area contributed by atoms with Gasteiger partial charge in [-0.2, -0.15) is 0 Å². The number of carbonyl (C=O) groups is 2. The summed E-state index contributed by atoms with van der Waals surface area (Å²) in [5.41, 5.74) is 1.21. The molecule has 0 aromatic heterocycles. The lowest BCUT2D eigenvalue weighted by Crippen LogP contribution is -2.47. The highest BCUT2D eigenvalue weighted by atomic mass is 16.2. The number of urea groups is 1. The number of nitrogens with one attached hydrogen (secondary N) is 2. The van der Waals surface area contributed by atoms with E-state index in [1.807, 2.05) is 23.1 Å². The van der Waals surface area contributed by atoms with Gasteiger partial charge >= 0.3 is 6.03 Å².